The van der Waals surface area contributed by atoms with Crippen LogP contribution in [0.1, 0.15) is 151 Å². The molecule has 0 aliphatic heterocycles. The highest BCUT2D eigenvalue weighted by Crippen LogP contribution is 2.14. The second-order valence-electron chi connectivity index (χ2n) is 9.95. The SMILES string of the molecule is CCCCCCCCCCCCCCCCCOC(=O)c1cccc(C(=O)OCC(CC)CC)c1. The van der Waals surface area contributed by atoms with Crippen molar-refractivity contribution in [2.24, 2.45) is 5.92 Å². The van der Waals surface area contributed by atoms with Crippen LogP contribution in [0.4, 0.5) is 0 Å². The van der Waals surface area contributed by atoms with Crippen molar-refractivity contribution in [3.8, 4) is 0 Å². The molecule has 1 aromatic carbocycles. The number of hydrogen-bond acceptors (Lipinski definition) is 4. The lowest BCUT2D eigenvalue weighted by Gasteiger charge is -2.13. The van der Waals surface area contributed by atoms with Crippen LogP contribution in [0.25, 0.3) is 0 Å². The highest BCUT2D eigenvalue weighted by atomic mass is 16.5. The maximum Gasteiger partial charge on any atom is 0.338 e. The minimum absolute atomic E-state index is 0.370. The summed E-state index contributed by atoms with van der Waals surface area (Å²) in [7, 11) is 0. The number of carbonyl (C=O) groups excluding carboxylic acids is 2. The lowest BCUT2D eigenvalue weighted by atomic mass is 10.0. The summed E-state index contributed by atoms with van der Waals surface area (Å²) in [6.07, 6.45) is 21.6. The second kappa shape index (κ2) is 21.4. The van der Waals surface area contributed by atoms with Crippen LogP contribution >= 0.6 is 0 Å². The number of carbonyl (C=O) groups is 2. The fraction of sp³-hybridized carbons (Fsp3) is 0.742. The molecule has 0 heterocycles. The van der Waals surface area contributed by atoms with Crippen molar-refractivity contribution < 1.29 is 19.1 Å². The van der Waals surface area contributed by atoms with Gasteiger partial charge in [-0.2, -0.15) is 0 Å². The molecule has 0 atom stereocenters. The quantitative estimate of drug-likeness (QED) is 0.120. The Hall–Kier alpha value is -1.84. The maximum atomic E-state index is 12.4. The van der Waals surface area contributed by atoms with E-state index in [2.05, 4.69) is 20.8 Å². The van der Waals surface area contributed by atoms with Gasteiger partial charge in [0.2, 0.25) is 0 Å². The first kappa shape index (κ1) is 31.2. The zero-order chi connectivity index (χ0) is 25.6. The first-order chi connectivity index (χ1) is 17.1. The van der Waals surface area contributed by atoms with E-state index in [0.29, 0.717) is 30.3 Å². The van der Waals surface area contributed by atoms with Crippen molar-refractivity contribution in [2.75, 3.05) is 13.2 Å². The zero-order valence-corrected chi connectivity index (χ0v) is 23.0. The van der Waals surface area contributed by atoms with Gasteiger partial charge in [-0.3, -0.25) is 0 Å². The van der Waals surface area contributed by atoms with E-state index in [9.17, 15) is 9.59 Å². The topological polar surface area (TPSA) is 52.6 Å². The first-order valence-electron chi connectivity index (χ1n) is 14.6. The Morgan fingerprint density at radius 1 is 0.629 bits per heavy atom. The number of benzene rings is 1. The van der Waals surface area contributed by atoms with Crippen LogP contribution in [-0.4, -0.2) is 25.2 Å². The molecule has 1 aromatic rings. The number of ether oxygens (including phenoxy) is 2. The molecule has 0 spiro atoms. The van der Waals surface area contributed by atoms with E-state index in [-0.39, 0.29) is 11.9 Å². The van der Waals surface area contributed by atoms with Gasteiger partial charge in [0, 0.05) is 0 Å². The van der Waals surface area contributed by atoms with E-state index >= 15 is 0 Å². The lowest BCUT2D eigenvalue weighted by Crippen LogP contribution is -2.14. The van der Waals surface area contributed by atoms with Crippen LogP contribution in [0.15, 0.2) is 24.3 Å². The van der Waals surface area contributed by atoms with Crippen molar-refractivity contribution in [1.29, 1.82) is 0 Å². The second-order valence-corrected chi connectivity index (χ2v) is 9.95. The van der Waals surface area contributed by atoms with Crippen molar-refractivity contribution in [1.82, 2.24) is 0 Å². The van der Waals surface area contributed by atoms with Crippen LogP contribution in [-0.2, 0) is 9.47 Å². The molecule has 4 nitrogen and oxygen atoms in total. The van der Waals surface area contributed by atoms with E-state index in [0.717, 1.165) is 25.7 Å². The Balaban J connectivity index is 2.06. The molecule has 200 valence electrons. The fourth-order valence-electron chi connectivity index (χ4n) is 4.30. The van der Waals surface area contributed by atoms with Crippen LogP contribution in [0.3, 0.4) is 0 Å². The molecule has 0 aromatic heterocycles. The van der Waals surface area contributed by atoms with E-state index in [1.807, 2.05) is 0 Å². The largest absolute Gasteiger partial charge is 0.462 e. The van der Waals surface area contributed by atoms with Crippen molar-refractivity contribution in [3.63, 3.8) is 0 Å². The van der Waals surface area contributed by atoms with Crippen LogP contribution < -0.4 is 0 Å². The Morgan fingerprint density at radius 3 is 1.51 bits per heavy atom. The number of unbranched alkanes of at least 4 members (excludes halogenated alkanes) is 14. The Bertz CT molecular complexity index is 666. The molecule has 1 rings (SSSR count). The molecule has 0 radical (unpaired) electrons. The third kappa shape index (κ3) is 15.7. The average Bonchev–Trinajstić information content (AvgIpc) is 2.88. The fourth-order valence-corrected chi connectivity index (χ4v) is 4.30. The monoisotopic (exact) mass is 488 g/mol. The number of rotatable bonds is 22. The molecule has 0 saturated heterocycles. The smallest absolute Gasteiger partial charge is 0.338 e. The Kier molecular flexibility index (Phi) is 19.1. The highest BCUT2D eigenvalue weighted by Gasteiger charge is 2.14. The van der Waals surface area contributed by atoms with E-state index in [4.69, 9.17) is 9.47 Å². The molecule has 0 unspecified atom stereocenters. The van der Waals surface area contributed by atoms with Gasteiger partial charge in [0.25, 0.3) is 0 Å². The molecular formula is C31H52O4. The standard InChI is InChI=1S/C31H52O4/c1-4-7-8-9-10-11-12-13-14-15-16-17-18-19-20-24-34-30(32)28-22-21-23-29(25-28)31(33)35-26-27(5-2)6-3/h21-23,25,27H,4-20,24,26H2,1-3H3. The Labute approximate surface area is 215 Å². The molecule has 0 amide bonds. The van der Waals surface area contributed by atoms with Gasteiger partial charge in [-0.05, 0) is 30.5 Å². The molecule has 0 N–H and O–H groups in total. The van der Waals surface area contributed by atoms with Crippen molar-refractivity contribution >= 4 is 11.9 Å². The number of esters is 2. The van der Waals surface area contributed by atoms with Gasteiger partial charge in [0.15, 0.2) is 0 Å². The molecule has 0 fully saturated rings. The maximum absolute atomic E-state index is 12.4. The van der Waals surface area contributed by atoms with Gasteiger partial charge < -0.3 is 9.47 Å². The average molecular weight is 489 g/mol. The van der Waals surface area contributed by atoms with E-state index in [1.165, 1.54) is 83.5 Å². The third-order valence-electron chi connectivity index (χ3n) is 6.92. The van der Waals surface area contributed by atoms with Gasteiger partial charge in [-0.1, -0.05) is 130 Å². The molecule has 4 heteroatoms. The van der Waals surface area contributed by atoms with E-state index in [1.54, 1.807) is 24.3 Å². The number of hydrogen-bond donors (Lipinski definition) is 0. The molecule has 0 saturated carbocycles. The molecule has 35 heavy (non-hydrogen) atoms. The zero-order valence-electron chi connectivity index (χ0n) is 23.0. The summed E-state index contributed by atoms with van der Waals surface area (Å²) < 4.78 is 10.8. The summed E-state index contributed by atoms with van der Waals surface area (Å²) in [6, 6.07) is 6.65. The third-order valence-corrected chi connectivity index (χ3v) is 6.92. The minimum atomic E-state index is -0.381. The van der Waals surface area contributed by atoms with Gasteiger partial charge in [-0.25, -0.2) is 9.59 Å². The minimum Gasteiger partial charge on any atom is -0.462 e. The molecule has 0 aliphatic carbocycles. The van der Waals surface area contributed by atoms with Gasteiger partial charge >= 0.3 is 11.9 Å². The molecular weight excluding hydrogens is 436 g/mol. The summed E-state index contributed by atoms with van der Waals surface area (Å²) in [4.78, 5) is 24.7. The van der Waals surface area contributed by atoms with Crippen molar-refractivity contribution in [3.05, 3.63) is 35.4 Å². The summed E-state index contributed by atoms with van der Waals surface area (Å²) in [5, 5.41) is 0. The lowest BCUT2D eigenvalue weighted by molar-refractivity contribution is 0.0433. The molecule has 0 aliphatic rings. The van der Waals surface area contributed by atoms with E-state index < -0.39 is 0 Å². The summed E-state index contributed by atoms with van der Waals surface area (Å²) in [5.41, 5.74) is 0.806. The summed E-state index contributed by atoms with van der Waals surface area (Å²) >= 11 is 0. The normalized spacial score (nSPS) is 11.1. The first-order valence-corrected chi connectivity index (χ1v) is 14.6. The van der Waals surface area contributed by atoms with Crippen LogP contribution in [0, 0.1) is 5.92 Å². The molecule has 0 bridgehead atoms. The highest BCUT2D eigenvalue weighted by molar-refractivity contribution is 5.95. The van der Waals surface area contributed by atoms with Crippen LogP contribution in [0.5, 0.6) is 0 Å². The van der Waals surface area contributed by atoms with Gasteiger partial charge in [0.05, 0.1) is 24.3 Å². The summed E-state index contributed by atoms with van der Waals surface area (Å²) in [6.45, 7) is 7.31. The van der Waals surface area contributed by atoms with Gasteiger partial charge in [0.1, 0.15) is 0 Å². The van der Waals surface area contributed by atoms with Gasteiger partial charge in [-0.15, -0.1) is 0 Å². The van der Waals surface area contributed by atoms with Crippen molar-refractivity contribution in [2.45, 2.75) is 130 Å². The Morgan fingerprint density at radius 2 is 1.06 bits per heavy atom. The predicted molar refractivity (Wildman–Crippen MR) is 146 cm³/mol. The summed E-state index contributed by atoms with van der Waals surface area (Å²) in [5.74, 6) is -0.374. The van der Waals surface area contributed by atoms with Crippen LogP contribution in [0.2, 0.25) is 0 Å². The predicted octanol–water partition coefficient (Wildman–Crippen LogP) is 9.31.